The number of fused-ring (bicyclic) bond motifs is 3. The number of nitrogens with zero attached hydrogens (tertiary/aromatic N) is 1. The van der Waals surface area contributed by atoms with Crippen LogP contribution in [0.15, 0.2) is 0 Å². The van der Waals surface area contributed by atoms with Crippen molar-refractivity contribution >= 4 is 17.6 Å². The van der Waals surface area contributed by atoms with Gasteiger partial charge in [-0.25, -0.2) is 0 Å². The Kier molecular flexibility index (Phi) is 3.97. The molecular formula is C16H21N3O4. The van der Waals surface area contributed by atoms with Crippen molar-refractivity contribution < 1.29 is 19.1 Å². The number of H-pyrrole nitrogens is 1. The average Bonchev–Trinajstić information content (AvgIpc) is 2.59. The van der Waals surface area contributed by atoms with Gasteiger partial charge in [0, 0.05) is 25.7 Å². The minimum Gasteiger partial charge on any atom is -0.378 e. The summed E-state index contributed by atoms with van der Waals surface area (Å²) in [6, 6.07) is -0.189. The predicted molar refractivity (Wildman–Crippen MR) is 82.4 cm³/mol. The van der Waals surface area contributed by atoms with Crippen molar-refractivity contribution in [1.29, 1.82) is 0 Å². The summed E-state index contributed by atoms with van der Waals surface area (Å²) < 4.78 is 5.48. The number of hydrogen-bond donors (Lipinski definition) is 2. The van der Waals surface area contributed by atoms with Crippen molar-refractivity contribution in [3.8, 4) is 0 Å². The lowest BCUT2D eigenvalue weighted by Gasteiger charge is -2.28. The molecule has 23 heavy (non-hydrogen) atoms. The van der Waals surface area contributed by atoms with E-state index in [1.54, 1.807) is 18.7 Å². The molecule has 3 heterocycles. The smallest absolute Gasteiger partial charge is 0.256 e. The van der Waals surface area contributed by atoms with Gasteiger partial charge in [-0.05, 0) is 19.4 Å². The first kappa shape index (κ1) is 15.7. The monoisotopic (exact) mass is 319 g/mol. The summed E-state index contributed by atoms with van der Waals surface area (Å²) >= 11 is 0. The normalized spacial score (nSPS) is 24.1. The molecule has 2 bridgehead atoms. The van der Waals surface area contributed by atoms with Crippen LogP contribution in [0.4, 0.5) is 0 Å². The van der Waals surface area contributed by atoms with Crippen LogP contribution in [0.25, 0.3) is 0 Å². The molecule has 2 aliphatic heterocycles. The molecule has 0 aromatic carbocycles. The first-order valence-electron chi connectivity index (χ1n) is 7.76. The molecule has 2 N–H and O–H groups in total. The number of aromatic amines is 1. The second-order valence-electron chi connectivity index (χ2n) is 6.33. The van der Waals surface area contributed by atoms with E-state index in [9.17, 15) is 14.4 Å². The number of nitrogens with one attached hydrogen (secondary N) is 2. The third-order valence-electron chi connectivity index (χ3n) is 4.53. The van der Waals surface area contributed by atoms with Crippen molar-refractivity contribution in [2.24, 2.45) is 5.92 Å². The maximum Gasteiger partial charge on any atom is 0.256 e. The number of Topliss-reactive ketones (excluding diaryl/α,β-unsaturated/α-hetero) is 1. The van der Waals surface area contributed by atoms with E-state index >= 15 is 0 Å². The molecule has 124 valence electrons. The van der Waals surface area contributed by atoms with Crippen molar-refractivity contribution in [2.45, 2.75) is 26.8 Å². The van der Waals surface area contributed by atoms with Crippen LogP contribution in [0.2, 0.25) is 0 Å². The Morgan fingerprint density at radius 2 is 1.96 bits per heavy atom. The SMILES string of the molecule is CC(=O)c1[nH]c(C)c(C(=O)N2C[C@H]3COC[C@@H](C2)C(=O)N3)c1C. The van der Waals surface area contributed by atoms with Gasteiger partial charge in [0.2, 0.25) is 5.91 Å². The highest BCUT2D eigenvalue weighted by molar-refractivity contribution is 6.02. The number of amides is 2. The van der Waals surface area contributed by atoms with Crippen LogP contribution in [-0.2, 0) is 9.53 Å². The molecule has 2 aliphatic rings. The van der Waals surface area contributed by atoms with Crippen LogP contribution in [0.1, 0.15) is 39.0 Å². The fraction of sp³-hybridized carbons (Fsp3) is 0.562. The lowest BCUT2D eigenvalue weighted by atomic mass is 10.1. The summed E-state index contributed by atoms with van der Waals surface area (Å²) in [7, 11) is 0. The highest BCUT2D eigenvalue weighted by atomic mass is 16.5. The maximum atomic E-state index is 13.0. The van der Waals surface area contributed by atoms with Gasteiger partial charge >= 0.3 is 0 Å². The number of rotatable bonds is 2. The minimum atomic E-state index is -0.349. The number of ketones is 1. The van der Waals surface area contributed by atoms with Gasteiger partial charge in [-0.1, -0.05) is 0 Å². The zero-order valence-corrected chi connectivity index (χ0v) is 13.6. The van der Waals surface area contributed by atoms with Gasteiger partial charge in [-0.2, -0.15) is 0 Å². The zero-order chi connectivity index (χ0) is 16.7. The lowest BCUT2D eigenvalue weighted by molar-refractivity contribution is -0.125. The molecule has 1 aromatic heterocycles. The van der Waals surface area contributed by atoms with Crippen LogP contribution >= 0.6 is 0 Å². The highest BCUT2D eigenvalue weighted by Gasteiger charge is 2.36. The second kappa shape index (κ2) is 5.81. The summed E-state index contributed by atoms with van der Waals surface area (Å²) in [5.74, 6) is -0.646. The first-order valence-corrected chi connectivity index (χ1v) is 7.76. The van der Waals surface area contributed by atoms with Crippen LogP contribution in [-0.4, -0.2) is 59.8 Å². The molecule has 0 unspecified atom stereocenters. The Morgan fingerprint density at radius 3 is 2.61 bits per heavy atom. The Bertz CT molecular complexity index is 679. The van der Waals surface area contributed by atoms with E-state index in [1.165, 1.54) is 6.92 Å². The van der Waals surface area contributed by atoms with E-state index in [2.05, 4.69) is 10.3 Å². The Morgan fingerprint density at radius 1 is 1.22 bits per heavy atom. The molecule has 0 radical (unpaired) electrons. The molecule has 7 nitrogen and oxygen atoms in total. The van der Waals surface area contributed by atoms with Crippen molar-refractivity contribution in [3.63, 3.8) is 0 Å². The Balaban J connectivity index is 1.92. The molecule has 2 fully saturated rings. The van der Waals surface area contributed by atoms with Crippen molar-refractivity contribution in [3.05, 3.63) is 22.5 Å². The van der Waals surface area contributed by atoms with Gasteiger partial charge in [0.1, 0.15) is 0 Å². The standard InChI is InChI=1S/C16H21N3O4/c1-8-13(9(2)17-14(8)10(3)20)16(22)19-4-11-6-23-7-12(5-19)18-15(11)21/h11-12,17H,4-7H2,1-3H3,(H,18,21)/t11-,12+/m1/s1. The molecule has 2 atom stereocenters. The van der Waals surface area contributed by atoms with Gasteiger partial charge in [0.05, 0.1) is 36.4 Å². The highest BCUT2D eigenvalue weighted by Crippen LogP contribution is 2.23. The molecule has 7 heteroatoms. The van der Waals surface area contributed by atoms with Crippen LogP contribution in [0.3, 0.4) is 0 Å². The third-order valence-corrected chi connectivity index (χ3v) is 4.53. The number of aromatic nitrogens is 1. The van der Waals surface area contributed by atoms with E-state index in [0.717, 1.165) is 0 Å². The zero-order valence-electron chi connectivity index (χ0n) is 13.6. The first-order chi connectivity index (χ1) is 10.9. The van der Waals surface area contributed by atoms with E-state index in [1.807, 2.05) is 0 Å². The number of aryl methyl sites for hydroxylation is 1. The van der Waals surface area contributed by atoms with Crippen LogP contribution in [0, 0.1) is 19.8 Å². The maximum absolute atomic E-state index is 13.0. The number of hydrogen-bond acceptors (Lipinski definition) is 4. The Labute approximate surface area is 134 Å². The van der Waals surface area contributed by atoms with E-state index < -0.39 is 0 Å². The van der Waals surface area contributed by atoms with Gasteiger partial charge < -0.3 is 19.9 Å². The van der Waals surface area contributed by atoms with Crippen molar-refractivity contribution in [2.75, 3.05) is 26.3 Å². The van der Waals surface area contributed by atoms with E-state index in [4.69, 9.17) is 4.74 Å². The van der Waals surface area contributed by atoms with Gasteiger partial charge in [0.25, 0.3) is 5.91 Å². The molecule has 1 aromatic rings. The Hall–Kier alpha value is -2.15. The molecule has 0 spiro atoms. The topological polar surface area (TPSA) is 91.5 Å². The summed E-state index contributed by atoms with van der Waals surface area (Å²) in [5.41, 5.74) is 2.36. The molecular weight excluding hydrogens is 298 g/mol. The summed E-state index contributed by atoms with van der Waals surface area (Å²) in [6.45, 7) is 6.53. The molecule has 0 aliphatic carbocycles. The van der Waals surface area contributed by atoms with E-state index in [-0.39, 0.29) is 29.6 Å². The molecule has 2 saturated heterocycles. The molecule has 2 amide bonds. The minimum absolute atomic E-state index is 0.0604. The van der Waals surface area contributed by atoms with Crippen LogP contribution < -0.4 is 5.32 Å². The van der Waals surface area contributed by atoms with Gasteiger partial charge in [-0.15, -0.1) is 0 Å². The predicted octanol–water partition coefficient (Wildman–Crippen LogP) is 0.421. The largest absolute Gasteiger partial charge is 0.378 e. The fourth-order valence-electron chi connectivity index (χ4n) is 3.38. The lowest BCUT2D eigenvalue weighted by Crippen LogP contribution is -2.44. The fourth-order valence-corrected chi connectivity index (χ4v) is 3.38. The van der Waals surface area contributed by atoms with Gasteiger partial charge in [0.15, 0.2) is 5.78 Å². The van der Waals surface area contributed by atoms with Crippen molar-refractivity contribution in [1.82, 2.24) is 15.2 Å². The summed E-state index contributed by atoms with van der Waals surface area (Å²) in [4.78, 5) is 41.4. The number of ether oxygens (including phenoxy) is 1. The third kappa shape index (κ3) is 2.76. The number of carbonyl (C=O) groups excluding carboxylic acids is 3. The van der Waals surface area contributed by atoms with Crippen LogP contribution in [0.5, 0.6) is 0 Å². The molecule has 0 saturated carbocycles. The summed E-state index contributed by atoms with van der Waals surface area (Å²) in [6.07, 6.45) is 0. The van der Waals surface area contributed by atoms with E-state index in [0.29, 0.717) is 48.8 Å². The summed E-state index contributed by atoms with van der Waals surface area (Å²) in [5, 5.41) is 2.91. The van der Waals surface area contributed by atoms with Gasteiger partial charge in [-0.3, -0.25) is 14.4 Å². The quantitative estimate of drug-likeness (QED) is 0.773. The average molecular weight is 319 g/mol. The molecule has 3 rings (SSSR count). The number of carbonyl (C=O) groups is 3. The second-order valence-corrected chi connectivity index (χ2v) is 6.33.